The summed E-state index contributed by atoms with van der Waals surface area (Å²) in [6.07, 6.45) is 32.1. The van der Waals surface area contributed by atoms with E-state index < -0.39 is 49.0 Å². The summed E-state index contributed by atoms with van der Waals surface area (Å²) in [5.74, 6) is 1.57. The van der Waals surface area contributed by atoms with E-state index in [-0.39, 0.29) is 19.8 Å². The van der Waals surface area contributed by atoms with E-state index >= 15 is 0 Å². The summed E-state index contributed by atoms with van der Waals surface area (Å²) in [6, 6.07) is 56.7. The largest absolute Gasteiger partial charge is 0.497 e. The van der Waals surface area contributed by atoms with Crippen molar-refractivity contribution in [3.63, 3.8) is 0 Å². The van der Waals surface area contributed by atoms with Crippen molar-refractivity contribution in [3.05, 3.63) is 215 Å². The van der Waals surface area contributed by atoms with Crippen LogP contribution in [0.3, 0.4) is 0 Å². The number of aromatic nitrogens is 3. The van der Waals surface area contributed by atoms with E-state index in [1.807, 2.05) is 102 Å². The molecular formula is C86H121N3O10. The molecule has 7 aromatic rings. The highest BCUT2D eigenvalue weighted by Crippen LogP contribution is 2.35. The molecule has 6 aromatic carbocycles. The topological polar surface area (TPSA) is 123 Å². The van der Waals surface area contributed by atoms with Gasteiger partial charge in [0.25, 0.3) is 0 Å². The van der Waals surface area contributed by atoms with E-state index in [1.54, 1.807) is 14.2 Å². The van der Waals surface area contributed by atoms with E-state index in [2.05, 4.69) is 92.8 Å². The molecule has 99 heavy (non-hydrogen) atoms. The van der Waals surface area contributed by atoms with Gasteiger partial charge in [-0.25, -0.2) is 4.68 Å². The Labute approximate surface area is 595 Å². The van der Waals surface area contributed by atoms with Gasteiger partial charge in [0, 0.05) is 6.20 Å². The number of hydrogen-bond donors (Lipinski definition) is 0. The van der Waals surface area contributed by atoms with E-state index in [0.29, 0.717) is 33.0 Å². The molecule has 1 aliphatic rings. The normalized spacial score (nSPS) is 17.2. The van der Waals surface area contributed by atoms with Crippen LogP contribution in [0.1, 0.15) is 232 Å². The average Bonchev–Trinajstić information content (AvgIpc) is 1.15. The molecule has 540 valence electrons. The van der Waals surface area contributed by atoms with Gasteiger partial charge in [0.05, 0.1) is 78.9 Å². The Kier molecular flexibility index (Phi) is 38.5. The van der Waals surface area contributed by atoms with Gasteiger partial charge in [0.1, 0.15) is 48.1 Å². The van der Waals surface area contributed by atoms with Crippen LogP contribution in [-0.2, 0) is 84.0 Å². The van der Waals surface area contributed by atoms with E-state index in [0.717, 1.165) is 89.1 Å². The molecule has 8 rings (SSSR count). The quantitative estimate of drug-likeness (QED) is 0.0337. The first-order chi connectivity index (χ1) is 49.0. The minimum atomic E-state index is -0.991. The van der Waals surface area contributed by atoms with Crippen LogP contribution < -0.4 is 9.47 Å². The third kappa shape index (κ3) is 30.1. The molecule has 0 amide bonds. The fraction of sp³-hybridized carbons (Fsp3) is 0.558. The predicted molar refractivity (Wildman–Crippen MR) is 398 cm³/mol. The van der Waals surface area contributed by atoms with Crippen molar-refractivity contribution in [1.29, 1.82) is 0 Å². The van der Waals surface area contributed by atoms with Gasteiger partial charge in [-0.15, -0.1) is 5.10 Å². The maximum atomic E-state index is 7.51. The monoisotopic (exact) mass is 1360 g/mol. The third-order valence-corrected chi connectivity index (χ3v) is 19.3. The van der Waals surface area contributed by atoms with Gasteiger partial charge < -0.3 is 47.4 Å². The van der Waals surface area contributed by atoms with Crippen LogP contribution in [0.4, 0.5) is 0 Å². The Hall–Kier alpha value is -6.26. The third-order valence-electron chi connectivity index (χ3n) is 19.3. The molecule has 0 saturated carbocycles. The van der Waals surface area contributed by atoms with E-state index in [9.17, 15) is 0 Å². The molecular weight excluding hydrogens is 1230 g/mol. The second kappa shape index (κ2) is 48.5. The molecule has 0 radical (unpaired) electrons. The van der Waals surface area contributed by atoms with Crippen LogP contribution in [0.15, 0.2) is 176 Å². The Morgan fingerprint density at radius 1 is 0.394 bits per heavy atom. The Balaban J connectivity index is 1.12. The molecule has 1 unspecified atom stereocenters. The summed E-state index contributed by atoms with van der Waals surface area (Å²) in [4.78, 5) is 0. The molecule has 13 nitrogen and oxygen atoms in total. The summed E-state index contributed by atoms with van der Waals surface area (Å²) in [5, 5.41) is 10.0. The average molecular weight is 1360 g/mol. The maximum Gasteiger partial charge on any atom is 0.187 e. The lowest BCUT2D eigenvalue weighted by atomic mass is 9.97. The fourth-order valence-electron chi connectivity index (χ4n) is 13.3. The second-order valence-corrected chi connectivity index (χ2v) is 27.3. The van der Waals surface area contributed by atoms with Crippen LogP contribution >= 0.6 is 0 Å². The number of methoxy groups -OCH3 is 2. The minimum Gasteiger partial charge on any atom is -0.497 e. The van der Waals surface area contributed by atoms with Gasteiger partial charge in [0.15, 0.2) is 6.29 Å². The molecule has 8 atom stereocenters. The number of aryl methyl sites for hydroxylation is 1. The standard InChI is InChI=1S/C86H121N3O10/c1-5-7-9-11-13-15-17-19-20-21-23-25-27-41-51-76-61-89(88-87-76)79(82(94-67-75-55-59-78(91-4)60-56-75)80(93-63-74-53-57-77(90-3)58-54-74)52-42-28-26-24-22-18-16-14-12-10-8-6-2)68-98-86-85(97-66-73-49-39-32-40-50-73)84(96-65-72-47-37-31-38-48-72)83(95-64-71-45-35-30-36-46-71)81(99-86)69-92-62-70-43-33-29-34-44-70/h29-40,43-50,53-61,79-86H,5-28,41-42,51-52,62-69H2,1-4H3/t79-,80+,81?,82-,83-,84-,85+,86-/m0/s1. The number of rotatable bonds is 55. The molecule has 1 aliphatic heterocycles. The van der Waals surface area contributed by atoms with Crippen molar-refractivity contribution in [3.8, 4) is 11.5 Å². The molecule has 1 saturated heterocycles. The maximum absolute atomic E-state index is 7.51. The first-order valence-corrected chi connectivity index (χ1v) is 38.2. The molecule has 0 bridgehead atoms. The summed E-state index contributed by atoms with van der Waals surface area (Å²) < 4.78 is 71.1. The van der Waals surface area contributed by atoms with Crippen molar-refractivity contribution in [1.82, 2.24) is 15.0 Å². The number of ether oxygens (including phenoxy) is 10. The zero-order chi connectivity index (χ0) is 68.8. The molecule has 1 fully saturated rings. The zero-order valence-corrected chi connectivity index (χ0v) is 60.7. The van der Waals surface area contributed by atoms with Crippen LogP contribution in [0.25, 0.3) is 0 Å². The van der Waals surface area contributed by atoms with Gasteiger partial charge in [-0.2, -0.15) is 0 Å². The Morgan fingerprint density at radius 3 is 1.24 bits per heavy atom. The van der Waals surface area contributed by atoms with Crippen molar-refractivity contribution in [2.75, 3.05) is 27.4 Å². The highest BCUT2D eigenvalue weighted by Gasteiger charge is 2.50. The van der Waals surface area contributed by atoms with Gasteiger partial charge in [-0.1, -0.05) is 325 Å². The van der Waals surface area contributed by atoms with Gasteiger partial charge in [-0.3, -0.25) is 0 Å². The zero-order valence-electron chi connectivity index (χ0n) is 60.7. The van der Waals surface area contributed by atoms with Crippen LogP contribution in [0.2, 0.25) is 0 Å². The lowest BCUT2D eigenvalue weighted by molar-refractivity contribution is -0.331. The first kappa shape index (κ1) is 78.5. The molecule has 2 heterocycles. The predicted octanol–water partition coefficient (Wildman–Crippen LogP) is 20.8. The molecule has 0 spiro atoms. The lowest BCUT2D eigenvalue weighted by Crippen LogP contribution is -2.62. The number of benzene rings is 6. The van der Waals surface area contributed by atoms with Gasteiger partial charge >= 0.3 is 0 Å². The van der Waals surface area contributed by atoms with Gasteiger partial charge in [0.2, 0.25) is 0 Å². The summed E-state index contributed by atoms with van der Waals surface area (Å²) in [6.45, 7) is 6.77. The van der Waals surface area contributed by atoms with Crippen LogP contribution in [0.5, 0.6) is 11.5 Å². The van der Waals surface area contributed by atoms with Gasteiger partial charge in [-0.05, 0) is 76.9 Å². The Bertz CT molecular complexity index is 3070. The molecule has 13 heteroatoms. The molecule has 0 N–H and O–H groups in total. The number of nitrogens with zero attached hydrogens (tertiary/aromatic N) is 3. The van der Waals surface area contributed by atoms with Crippen molar-refractivity contribution in [2.45, 2.75) is 282 Å². The van der Waals surface area contributed by atoms with Crippen molar-refractivity contribution >= 4 is 0 Å². The lowest BCUT2D eigenvalue weighted by Gasteiger charge is -2.46. The number of hydrogen-bond acceptors (Lipinski definition) is 12. The summed E-state index contributed by atoms with van der Waals surface area (Å²) >= 11 is 0. The second-order valence-electron chi connectivity index (χ2n) is 27.3. The van der Waals surface area contributed by atoms with Crippen LogP contribution in [0, 0.1) is 0 Å². The fourth-order valence-corrected chi connectivity index (χ4v) is 13.3. The molecule has 1 aromatic heterocycles. The highest BCUT2D eigenvalue weighted by atomic mass is 16.7. The van der Waals surface area contributed by atoms with E-state index in [1.165, 1.54) is 141 Å². The first-order valence-electron chi connectivity index (χ1n) is 38.2. The van der Waals surface area contributed by atoms with Crippen molar-refractivity contribution < 1.29 is 47.4 Å². The molecule has 0 aliphatic carbocycles. The van der Waals surface area contributed by atoms with Crippen LogP contribution in [-0.4, -0.2) is 85.3 Å². The Morgan fingerprint density at radius 2 is 0.788 bits per heavy atom. The van der Waals surface area contributed by atoms with Crippen molar-refractivity contribution in [2.24, 2.45) is 0 Å². The highest BCUT2D eigenvalue weighted by molar-refractivity contribution is 5.28. The minimum absolute atomic E-state index is 0.0875. The van der Waals surface area contributed by atoms with E-state index in [4.69, 9.17) is 57.7 Å². The SMILES string of the molecule is CCCCCCCCCCCCCCCCc1cn([C@@H](CO[C@H]2OC(COCc3ccccc3)[C@H](OCc3ccccc3)[C@H](OCc3ccccc3)[C@H]2OCc2ccccc2)[C@H](OCc2ccc(OC)cc2)[C@@H](CCCCCCCCCCCCCC)OCc2ccc(OC)cc2)nn1. The summed E-state index contributed by atoms with van der Waals surface area (Å²) in [7, 11) is 3.39. The smallest absolute Gasteiger partial charge is 0.187 e. The summed E-state index contributed by atoms with van der Waals surface area (Å²) in [5.41, 5.74) is 7.07. The number of unbranched alkanes of at least 4 members (excludes halogenated alkanes) is 24.